The molecule has 1 aliphatic carbocycles. The zero-order valence-corrected chi connectivity index (χ0v) is 14.4. The molecule has 4 nitrogen and oxygen atoms in total. The average Bonchev–Trinajstić information content (AvgIpc) is 2.77. The number of ketones is 1. The first-order valence-electron chi connectivity index (χ1n) is 7.33. The Bertz CT molecular complexity index is 719. The van der Waals surface area contributed by atoms with E-state index < -0.39 is 11.5 Å². The lowest BCUT2D eigenvalue weighted by Crippen LogP contribution is -2.48. The summed E-state index contributed by atoms with van der Waals surface area (Å²) in [7, 11) is 0. The third-order valence-electron chi connectivity index (χ3n) is 4.58. The van der Waals surface area contributed by atoms with Crippen molar-refractivity contribution >= 4 is 21.7 Å². The van der Waals surface area contributed by atoms with Crippen molar-refractivity contribution in [1.82, 2.24) is 10.2 Å². The van der Waals surface area contributed by atoms with Crippen molar-refractivity contribution in [2.45, 2.75) is 38.7 Å². The maximum absolute atomic E-state index is 12.3. The summed E-state index contributed by atoms with van der Waals surface area (Å²) in [5.41, 5.74) is 2.79. The van der Waals surface area contributed by atoms with Crippen LogP contribution >= 0.6 is 15.9 Å². The SMILES string of the molecule is CC(=O)C1C(c2ccc(Br)cc2)c2c(n[nH]c2C)C[C@@]1(C)O. The van der Waals surface area contributed by atoms with Gasteiger partial charge in [0.15, 0.2) is 0 Å². The third-order valence-corrected chi connectivity index (χ3v) is 5.11. The van der Waals surface area contributed by atoms with E-state index >= 15 is 0 Å². The van der Waals surface area contributed by atoms with Gasteiger partial charge in [-0.25, -0.2) is 0 Å². The molecule has 22 heavy (non-hydrogen) atoms. The Balaban J connectivity index is 2.23. The molecule has 0 saturated heterocycles. The second-order valence-electron chi connectivity index (χ2n) is 6.36. The highest BCUT2D eigenvalue weighted by Gasteiger charge is 2.48. The van der Waals surface area contributed by atoms with Crippen LogP contribution in [0.2, 0.25) is 0 Å². The summed E-state index contributed by atoms with van der Waals surface area (Å²) in [5, 5.41) is 18.2. The zero-order valence-electron chi connectivity index (χ0n) is 12.9. The number of aromatic amines is 1. The molecule has 0 fully saturated rings. The summed E-state index contributed by atoms with van der Waals surface area (Å²) in [6, 6.07) is 7.93. The highest BCUT2D eigenvalue weighted by molar-refractivity contribution is 9.10. The Morgan fingerprint density at radius 1 is 1.41 bits per heavy atom. The number of halogens is 1. The molecule has 0 amide bonds. The maximum Gasteiger partial charge on any atom is 0.136 e. The molecule has 1 aromatic heterocycles. The molecule has 1 aliphatic rings. The van der Waals surface area contributed by atoms with Crippen LogP contribution in [0.5, 0.6) is 0 Å². The molecule has 0 spiro atoms. The first-order valence-corrected chi connectivity index (χ1v) is 8.12. The summed E-state index contributed by atoms with van der Waals surface area (Å²) in [6.45, 7) is 5.26. The first-order chi connectivity index (χ1) is 10.3. The minimum atomic E-state index is -1.10. The van der Waals surface area contributed by atoms with Gasteiger partial charge in [-0.05, 0) is 38.5 Å². The number of aliphatic hydroxyl groups is 1. The van der Waals surface area contributed by atoms with Crippen LogP contribution in [0.1, 0.15) is 42.3 Å². The molecule has 5 heteroatoms. The summed E-state index contributed by atoms with van der Waals surface area (Å²) in [5.74, 6) is -0.648. The Hall–Kier alpha value is -1.46. The number of benzene rings is 1. The van der Waals surface area contributed by atoms with Gasteiger partial charge in [0, 0.05) is 28.1 Å². The van der Waals surface area contributed by atoms with Crippen molar-refractivity contribution < 1.29 is 9.90 Å². The van der Waals surface area contributed by atoms with Gasteiger partial charge >= 0.3 is 0 Å². The van der Waals surface area contributed by atoms with Crippen LogP contribution in [0.15, 0.2) is 28.7 Å². The topological polar surface area (TPSA) is 66.0 Å². The van der Waals surface area contributed by atoms with E-state index in [0.29, 0.717) is 6.42 Å². The van der Waals surface area contributed by atoms with Crippen LogP contribution in [0.25, 0.3) is 0 Å². The number of hydrogen-bond acceptors (Lipinski definition) is 3. The standard InChI is InChI=1S/C17H19BrN2O2/c1-9-14-13(20-19-9)8-17(3,22)16(10(2)21)15(14)11-4-6-12(18)7-5-11/h4-7,15-16,22H,8H2,1-3H3,(H,19,20)/t15?,16?,17-/m1/s1. The molecule has 0 radical (unpaired) electrons. The number of aryl methyl sites for hydroxylation is 1. The second-order valence-corrected chi connectivity index (χ2v) is 7.28. The van der Waals surface area contributed by atoms with Gasteiger partial charge in [0.25, 0.3) is 0 Å². The number of aromatic nitrogens is 2. The van der Waals surface area contributed by atoms with E-state index in [4.69, 9.17) is 0 Å². The van der Waals surface area contributed by atoms with Crippen molar-refractivity contribution in [3.8, 4) is 0 Å². The van der Waals surface area contributed by atoms with Crippen LogP contribution in [0, 0.1) is 12.8 Å². The van der Waals surface area contributed by atoms with Crippen molar-refractivity contribution in [3.63, 3.8) is 0 Å². The van der Waals surface area contributed by atoms with E-state index in [1.54, 1.807) is 13.8 Å². The summed E-state index contributed by atoms with van der Waals surface area (Å²) < 4.78 is 0.988. The Morgan fingerprint density at radius 2 is 2.05 bits per heavy atom. The number of rotatable bonds is 2. The highest BCUT2D eigenvalue weighted by Crippen LogP contribution is 2.46. The molecule has 3 rings (SSSR count). The fourth-order valence-electron chi connectivity index (χ4n) is 3.71. The van der Waals surface area contributed by atoms with Gasteiger partial charge in [-0.15, -0.1) is 0 Å². The number of nitrogens with zero attached hydrogens (tertiary/aromatic N) is 1. The number of H-pyrrole nitrogens is 1. The van der Waals surface area contributed by atoms with E-state index in [0.717, 1.165) is 27.0 Å². The zero-order chi connectivity index (χ0) is 16.1. The normalized spacial score (nSPS) is 27.5. The first kappa shape index (κ1) is 15.4. The van der Waals surface area contributed by atoms with Gasteiger partial charge in [-0.1, -0.05) is 28.1 Å². The van der Waals surface area contributed by atoms with E-state index in [9.17, 15) is 9.90 Å². The predicted molar refractivity (Wildman–Crippen MR) is 87.8 cm³/mol. The molecule has 1 heterocycles. The molecular weight excluding hydrogens is 344 g/mol. The van der Waals surface area contributed by atoms with Gasteiger partial charge in [0.2, 0.25) is 0 Å². The van der Waals surface area contributed by atoms with E-state index in [-0.39, 0.29) is 11.7 Å². The molecule has 2 aromatic rings. The van der Waals surface area contributed by atoms with Gasteiger partial charge in [-0.3, -0.25) is 9.89 Å². The number of Topliss-reactive ketones (excluding diaryl/α,β-unsaturated/α-hetero) is 1. The number of carbonyl (C=O) groups is 1. The second kappa shape index (κ2) is 5.32. The lowest BCUT2D eigenvalue weighted by atomic mass is 9.64. The van der Waals surface area contributed by atoms with Crippen LogP contribution in [-0.4, -0.2) is 26.7 Å². The molecular formula is C17H19BrN2O2. The number of carbonyl (C=O) groups excluding carboxylic acids is 1. The van der Waals surface area contributed by atoms with Gasteiger partial charge in [0.1, 0.15) is 5.78 Å². The van der Waals surface area contributed by atoms with Crippen molar-refractivity contribution in [2.24, 2.45) is 5.92 Å². The lowest BCUT2D eigenvalue weighted by Gasteiger charge is -2.41. The molecule has 0 saturated carbocycles. The maximum atomic E-state index is 12.3. The molecule has 0 aliphatic heterocycles. The average molecular weight is 363 g/mol. The summed E-state index contributed by atoms with van der Waals surface area (Å²) in [6.07, 6.45) is 0.393. The van der Waals surface area contributed by atoms with Gasteiger partial charge in [-0.2, -0.15) is 5.10 Å². The minimum absolute atomic E-state index is 0.00386. The van der Waals surface area contributed by atoms with E-state index in [1.807, 2.05) is 31.2 Å². The van der Waals surface area contributed by atoms with E-state index in [2.05, 4.69) is 26.1 Å². The molecule has 1 aromatic carbocycles. The van der Waals surface area contributed by atoms with Crippen LogP contribution in [0.4, 0.5) is 0 Å². The Labute approximate surface area is 138 Å². The van der Waals surface area contributed by atoms with Crippen molar-refractivity contribution in [3.05, 3.63) is 51.3 Å². The molecule has 0 bridgehead atoms. The number of fused-ring (bicyclic) bond motifs is 1. The largest absolute Gasteiger partial charge is 0.389 e. The third kappa shape index (κ3) is 2.42. The minimum Gasteiger partial charge on any atom is -0.389 e. The number of hydrogen-bond donors (Lipinski definition) is 2. The summed E-state index contributed by atoms with van der Waals surface area (Å²) >= 11 is 3.44. The quantitative estimate of drug-likeness (QED) is 0.862. The Kier molecular flexibility index (Phi) is 3.73. The smallest absolute Gasteiger partial charge is 0.136 e. The van der Waals surface area contributed by atoms with Crippen LogP contribution in [0.3, 0.4) is 0 Å². The Morgan fingerprint density at radius 3 is 2.64 bits per heavy atom. The molecule has 2 N–H and O–H groups in total. The number of nitrogens with one attached hydrogen (secondary N) is 1. The lowest BCUT2D eigenvalue weighted by molar-refractivity contribution is -0.130. The fourth-order valence-corrected chi connectivity index (χ4v) is 3.98. The van der Waals surface area contributed by atoms with Crippen molar-refractivity contribution in [1.29, 1.82) is 0 Å². The molecule has 116 valence electrons. The molecule has 2 unspecified atom stereocenters. The summed E-state index contributed by atoms with van der Waals surface area (Å²) in [4.78, 5) is 12.3. The monoisotopic (exact) mass is 362 g/mol. The molecule has 3 atom stereocenters. The van der Waals surface area contributed by atoms with Crippen molar-refractivity contribution in [2.75, 3.05) is 0 Å². The van der Waals surface area contributed by atoms with Gasteiger partial charge in [0.05, 0.1) is 17.2 Å². The van der Waals surface area contributed by atoms with Crippen LogP contribution in [-0.2, 0) is 11.2 Å². The highest BCUT2D eigenvalue weighted by atomic mass is 79.9. The van der Waals surface area contributed by atoms with E-state index in [1.165, 1.54) is 0 Å². The van der Waals surface area contributed by atoms with Gasteiger partial charge < -0.3 is 5.11 Å². The van der Waals surface area contributed by atoms with Crippen LogP contribution < -0.4 is 0 Å². The predicted octanol–water partition coefficient (Wildman–Crippen LogP) is 3.12. The fraction of sp³-hybridized carbons (Fsp3) is 0.412.